The van der Waals surface area contributed by atoms with E-state index in [0.717, 1.165) is 33.8 Å². The Morgan fingerprint density at radius 3 is 2.33 bits per heavy atom. The van der Waals surface area contributed by atoms with Gasteiger partial charge < -0.3 is 4.74 Å². The summed E-state index contributed by atoms with van der Waals surface area (Å²) in [6, 6.07) is 19.2. The molecule has 2 aliphatic rings. The number of carbonyl (C=O) groups is 2. The second-order valence-corrected chi connectivity index (χ2v) is 10.4. The highest BCUT2D eigenvalue weighted by Crippen LogP contribution is 2.44. The van der Waals surface area contributed by atoms with E-state index in [1.165, 1.54) is 53.7 Å². The van der Waals surface area contributed by atoms with Gasteiger partial charge in [-0.25, -0.2) is 0 Å². The van der Waals surface area contributed by atoms with Crippen LogP contribution in [-0.4, -0.2) is 28.9 Å². The van der Waals surface area contributed by atoms with Gasteiger partial charge in [0.2, 0.25) is 5.91 Å². The van der Waals surface area contributed by atoms with Gasteiger partial charge in [0.1, 0.15) is 5.75 Å². The number of hydrogen-bond donors (Lipinski definition) is 0. The molecule has 5 rings (SSSR count). The molecule has 1 saturated heterocycles. The van der Waals surface area contributed by atoms with Crippen LogP contribution in [-0.2, 0) is 16.8 Å². The highest BCUT2D eigenvalue weighted by Gasteiger charge is 2.32. The van der Waals surface area contributed by atoms with E-state index in [1.54, 1.807) is 7.11 Å². The largest absolute Gasteiger partial charge is 0.496 e. The molecule has 4 nitrogen and oxygen atoms in total. The fraction of sp³-hybridized carbons (Fsp3) is 0.357. The predicted molar refractivity (Wildman–Crippen MR) is 135 cm³/mol. The van der Waals surface area contributed by atoms with Crippen molar-refractivity contribution in [3.05, 3.63) is 65.7 Å². The van der Waals surface area contributed by atoms with Crippen molar-refractivity contribution in [3.8, 4) is 16.9 Å². The highest BCUT2D eigenvalue weighted by atomic mass is 32.2. The number of fused-ring (bicyclic) bond motifs is 1. The summed E-state index contributed by atoms with van der Waals surface area (Å²) >= 11 is 1.08. The maximum absolute atomic E-state index is 11.9. The first kappa shape index (κ1) is 22.0. The smallest absolute Gasteiger partial charge is 0.289 e. The zero-order valence-electron chi connectivity index (χ0n) is 19.2. The Kier molecular flexibility index (Phi) is 5.92. The van der Waals surface area contributed by atoms with Crippen LogP contribution in [0.4, 0.5) is 4.79 Å². The first-order chi connectivity index (χ1) is 16.0. The fourth-order valence-electron chi connectivity index (χ4n) is 5.25. The van der Waals surface area contributed by atoms with Gasteiger partial charge >= 0.3 is 0 Å². The molecule has 1 heterocycles. The lowest BCUT2D eigenvalue weighted by molar-refractivity contribution is -0.125. The minimum Gasteiger partial charge on any atom is -0.496 e. The first-order valence-electron chi connectivity index (χ1n) is 11.7. The molecule has 5 heteroatoms. The second kappa shape index (κ2) is 8.86. The molecule has 0 spiro atoms. The van der Waals surface area contributed by atoms with Gasteiger partial charge in [-0.3, -0.25) is 14.5 Å². The van der Waals surface area contributed by atoms with Crippen LogP contribution in [0.25, 0.3) is 21.9 Å². The minimum absolute atomic E-state index is 0.109. The minimum atomic E-state index is -0.155. The summed E-state index contributed by atoms with van der Waals surface area (Å²) in [5.74, 6) is 1.12. The predicted octanol–water partition coefficient (Wildman–Crippen LogP) is 6.93. The molecular formula is C28H29NO3S. The molecule has 1 aliphatic carbocycles. The lowest BCUT2D eigenvalue weighted by Gasteiger charge is -2.35. The highest BCUT2D eigenvalue weighted by molar-refractivity contribution is 8.14. The lowest BCUT2D eigenvalue weighted by Crippen LogP contribution is -2.27. The Hall–Kier alpha value is -2.79. The third kappa shape index (κ3) is 4.26. The van der Waals surface area contributed by atoms with Gasteiger partial charge in [0.15, 0.2) is 0 Å². The van der Waals surface area contributed by atoms with Crippen molar-refractivity contribution in [2.75, 3.05) is 12.9 Å². The van der Waals surface area contributed by atoms with Crippen molar-refractivity contribution in [2.45, 2.75) is 51.0 Å². The van der Waals surface area contributed by atoms with Crippen molar-refractivity contribution in [1.82, 2.24) is 4.90 Å². The number of ether oxygens (including phenoxy) is 1. The van der Waals surface area contributed by atoms with Gasteiger partial charge in [-0.05, 0) is 70.0 Å². The molecular weight excluding hydrogens is 430 g/mol. The van der Waals surface area contributed by atoms with Gasteiger partial charge in [-0.15, -0.1) is 0 Å². The van der Waals surface area contributed by atoms with Crippen molar-refractivity contribution in [2.24, 2.45) is 0 Å². The Morgan fingerprint density at radius 1 is 0.909 bits per heavy atom. The number of hydrogen-bond acceptors (Lipinski definition) is 4. The van der Waals surface area contributed by atoms with E-state index in [2.05, 4.69) is 55.5 Å². The zero-order chi connectivity index (χ0) is 23.0. The topological polar surface area (TPSA) is 46.6 Å². The third-order valence-electron chi connectivity index (χ3n) is 7.23. The standard InChI is InChI=1S/C28H29NO3S/c1-28(12-4-3-5-13-28)24-16-23(10-11-25(24)32-2)22-9-8-20-14-19(6-7-21(20)15-22)17-29-26(30)18-33-27(29)31/h6-11,14-16H,3-5,12-13,17-18H2,1-2H3. The van der Waals surface area contributed by atoms with Crippen LogP contribution in [0.15, 0.2) is 54.6 Å². The Balaban J connectivity index is 1.46. The third-order valence-corrected chi connectivity index (χ3v) is 8.08. The number of nitrogens with zero attached hydrogens (tertiary/aromatic N) is 1. The number of rotatable bonds is 5. The summed E-state index contributed by atoms with van der Waals surface area (Å²) in [4.78, 5) is 25.2. The maximum Gasteiger partial charge on any atom is 0.289 e. The van der Waals surface area contributed by atoms with Crippen LogP contribution in [0.3, 0.4) is 0 Å². The summed E-state index contributed by atoms with van der Waals surface area (Å²) in [7, 11) is 1.76. The molecule has 0 unspecified atom stereocenters. The number of carbonyl (C=O) groups excluding carboxylic acids is 2. The van der Waals surface area contributed by atoms with E-state index >= 15 is 0 Å². The van der Waals surface area contributed by atoms with Crippen molar-refractivity contribution in [1.29, 1.82) is 0 Å². The monoisotopic (exact) mass is 459 g/mol. The molecule has 2 amide bonds. The number of thioether (sulfide) groups is 1. The Bertz CT molecular complexity index is 1210. The van der Waals surface area contributed by atoms with Crippen molar-refractivity contribution < 1.29 is 14.3 Å². The molecule has 0 atom stereocenters. The summed E-state index contributed by atoms with van der Waals surface area (Å²) in [5, 5.41) is 2.10. The van der Waals surface area contributed by atoms with E-state index in [9.17, 15) is 9.59 Å². The summed E-state index contributed by atoms with van der Waals surface area (Å²) in [6.45, 7) is 2.72. The first-order valence-corrected chi connectivity index (χ1v) is 12.6. The van der Waals surface area contributed by atoms with Crippen LogP contribution >= 0.6 is 11.8 Å². The quantitative estimate of drug-likeness (QED) is 0.415. The normalized spacial score (nSPS) is 18.2. The molecule has 3 aromatic carbocycles. The molecule has 3 aromatic rings. The fourth-order valence-corrected chi connectivity index (χ4v) is 5.98. The lowest BCUT2D eigenvalue weighted by atomic mass is 9.70. The summed E-state index contributed by atoms with van der Waals surface area (Å²) < 4.78 is 5.75. The molecule has 2 fully saturated rings. The molecule has 0 radical (unpaired) electrons. The van der Waals surface area contributed by atoms with Crippen LogP contribution < -0.4 is 4.74 Å². The molecule has 0 aromatic heterocycles. The Labute approximate surface area is 199 Å². The molecule has 1 aliphatic heterocycles. The van der Waals surface area contributed by atoms with Crippen LogP contribution in [0.1, 0.15) is 50.2 Å². The average molecular weight is 460 g/mol. The Morgan fingerprint density at radius 2 is 1.61 bits per heavy atom. The van der Waals surface area contributed by atoms with E-state index < -0.39 is 0 Å². The second-order valence-electron chi connectivity index (χ2n) is 9.47. The van der Waals surface area contributed by atoms with E-state index in [-0.39, 0.29) is 22.3 Å². The van der Waals surface area contributed by atoms with E-state index in [4.69, 9.17) is 4.74 Å². The number of benzene rings is 3. The molecule has 33 heavy (non-hydrogen) atoms. The SMILES string of the molecule is COc1ccc(-c2ccc3cc(CN4C(=O)CSC4=O)ccc3c2)cc1C1(C)CCCCC1. The van der Waals surface area contributed by atoms with Crippen molar-refractivity contribution in [3.63, 3.8) is 0 Å². The van der Waals surface area contributed by atoms with Gasteiger partial charge in [-0.1, -0.05) is 68.3 Å². The maximum atomic E-state index is 11.9. The van der Waals surface area contributed by atoms with Crippen LogP contribution in [0.2, 0.25) is 0 Å². The van der Waals surface area contributed by atoms with Crippen LogP contribution in [0.5, 0.6) is 5.75 Å². The van der Waals surface area contributed by atoms with E-state index in [0.29, 0.717) is 6.54 Å². The molecule has 0 N–H and O–H groups in total. The number of methoxy groups -OCH3 is 1. The number of amides is 2. The number of imide groups is 1. The van der Waals surface area contributed by atoms with Gasteiger partial charge in [-0.2, -0.15) is 0 Å². The van der Waals surface area contributed by atoms with Gasteiger partial charge in [0, 0.05) is 5.56 Å². The zero-order valence-corrected chi connectivity index (χ0v) is 20.0. The van der Waals surface area contributed by atoms with Gasteiger partial charge in [0.05, 0.1) is 19.4 Å². The van der Waals surface area contributed by atoms with Crippen LogP contribution in [0, 0.1) is 0 Å². The summed E-state index contributed by atoms with van der Waals surface area (Å²) in [6.07, 6.45) is 6.27. The van der Waals surface area contributed by atoms with Crippen molar-refractivity contribution >= 4 is 33.7 Å². The molecule has 0 bridgehead atoms. The molecule has 170 valence electrons. The van der Waals surface area contributed by atoms with E-state index in [1.807, 2.05) is 6.07 Å². The molecule has 1 saturated carbocycles. The summed E-state index contributed by atoms with van der Waals surface area (Å²) in [5.41, 5.74) is 4.83. The average Bonchev–Trinajstić information content (AvgIpc) is 3.16. The van der Waals surface area contributed by atoms with Gasteiger partial charge in [0.25, 0.3) is 5.24 Å².